The van der Waals surface area contributed by atoms with Crippen molar-refractivity contribution >= 4 is 11.7 Å². The molecule has 0 aliphatic carbocycles. The Kier molecular flexibility index (Phi) is 5.59. The van der Waals surface area contributed by atoms with Crippen LogP contribution in [0.5, 0.6) is 11.5 Å². The van der Waals surface area contributed by atoms with E-state index in [-0.39, 0.29) is 23.6 Å². The second-order valence-corrected chi connectivity index (χ2v) is 5.61. The van der Waals surface area contributed by atoms with E-state index >= 15 is 0 Å². The number of aryl methyl sites for hydroxylation is 1. The number of methoxy groups -OCH3 is 2. The Balaban J connectivity index is 2.45. The molecule has 25 heavy (non-hydrogen) atoms. The highest BCUT2D eigenvalue weighted by molar-refractivity contribution is 5.76. The summed E-state index contributed by atoms with van der Waals surface area (Å²) in [4.78, 5) is 22.4. The number of nitrogens with zero attached hydrogens (tertiary/aromatic N) is 1. The van der Waals surface area contributed by atoms with Crippen molar-refractivity contribution < 1.29 is 24.3 Å². The highest BCUT2D eigenvalue weighted by Gasteiger charge is 2.25. The first kappa shape index (κ1) is 18.3. The molecule has 2 aromatic carbocycles. The molecule has 2 rings (SSSR count). The van der Waals surface area contributed by atoms with E-state index in [1.54, 1.807) is 18.2 Å². The number of hydrogen-bond acceptors (Lipinski definition) is 5. The minimum Gasteiger partial charge on any atom is -0.493 e. The maximum absolute atomic E-state index is 11.7. The van der Waals surface area contributed by atoms with Crippen LogP contribution in [0.2, 0.25) is 0 Å². The van der Waals surface area contributed by atoms with Crippen LogP contribution in [0, 0.1) is 17.0 Å². The Labute approximate surface area is 145 Å². The van der Waals surface area contributed by atoms with E-state index in [4.69, 9.17) is 9.47 Å². The molecule has 0 aromatic heterocycles. The number of hydrogen-bond donors (Lipinski definition) is 1. The Hall–Kier alpha value is -3.09. The van der Waals surface area contributed by atoms with Gasteiger partial charge in [-0.1, -0.05) is 29.8 Å². The van der Waals surface area contributed by atoms with Gasteiger partial charge in [-0.2, -0.15) is 0 Å². The highest BCUT2D eigenvalue weighted by Crippen LogP contribution is 2.39. The molecule has 0 aliphatic rings. The van der Waals surface area contributed by atoms with Gasteiger partial charge in [0, 0.05) is 6.07 Å². The van der Waals surface area contributed by atoms with Gasteiger partial charge in [0.1, 0.15) is 0 Å². The Morgan fingerprint density at radius 2 is 1.84 bits per heavy atom. The fourth-order valence-electron chi connectivity index (χ4n) is 2.64. The van der Waals surface area contributed by atoms with Crippen molar-refractivity contribution in [3.63, 3.8) is 0 Å². The molecule has 0 saturated carbocycles. The molecule has 0 aliphatic heterocycles. The second kappa shape index (κ2) is 7.65. The molecular formula is C18H19NO6. The molecule has 0 radical (unpaired) electrons. The highest BCUT2D eigenvalue weighted by atomic mass is 16.6. The fraction of sp³-hybridized carbons (Fsp3) is 0.278. The van der Waals surface area contributed by atoms with Crippen LogP contribution in [-0.4, -0.2) is 30.2 Å². The SMILES string of the molecule is COc1cc(CC(C(=O)O)c2ccc(C)cc2)cc([N+](=O)[O-])c1OC. The lowest BCUT2D eigenvalue weighted by Crippen LogP contribution is -2.14. The van der Waals surface area contributed by atoms with Crippen molar-refractivity contribution in [1.29, 1.82) is 0 Å². The van der Waals surface area contributed by atoms with Crippen LogP contribution in [0.25, 0.3) is 0 Å². The third kappa shape index (κ3) is 4.06. The standard InChI is InChI=1S/C18H19NO6/c1-11-4-6-13(7-5-11)14(18(20)21)8-12-9-15(19(22)23)17(25-3)16(10-12)24-2/h4-7,9-10,14H,8H2,1-3H3,(H,20,21). The van der Waals surface area contributed by atoms with Crippen LogP contribution in [0.15, 0.2) is 36.4 Å². The van der Waals surface area contributed by atoms with Gasteiger partial charge in [-0.3, -0.25) is 14.9 Å². The average Bonchev–Trinajstić information content (AvgIpc) is 2.59. The zero-order valence-electron chi connectivity index (χ0n) is 14.2. The molecule has 0 bridgehead atoms. The molecule has 0 saturated heterocycles. The Bertz CT molecular complexity index is 785. The van der Waals surface area contributed by atoms with Crippen molar-refractivity contribution in [2.45, 2.75) is 19.3 Å². The number of rotatable bonds is 7. The van der Waals surface area contributed by atoms with E-state index < -0.39 is 16.8 Å². The van der Waals surface area contributed by atoms with Crippen LogP contribution in [0.4, 0.5) is 5.69 Å². The zero-order valence-corrected chi connectivity index (χ0v) is 14.2. The molecular weight excluding hydrogens is 326 g/mol. The predicted octanol–water partition coefficient (Wildman–Crippen LogP) is 3.33. The molecule has 0 heterocycles. The van der Waals surface area contributed by atoms with E-state index in [2.05, 4.69) is 0 Å². The smallest absolute Gasteiger partial charge is 0.315 e. The second-order valence-electron chi connectivity index (χ2n) is 5.61. The number of nitro groups is 1. The summed E-state index contributed by atoms with van der Waals surface area (Å²) in [6.07, 6.45) is 0.0968. The number of nitro benzene ring substituents is 1. The van der Waals surface area contributed by atoms with Gasteiger partial charge in [0.25, 0.3) is 0 Å². The van der Waals surface area contributed by atoms with Crippen molar-refractivity contribution in [3.05, 3.63) is 63.2 Å². The lowest BCUT2D eigenvalue weighted by atomic mass is 9.91. The summed E-state index contributed by atoms with van der Waals surface area (Å²) < 4.78 is 10.2. The zero-order chi connectivity index (χ0) is 18.6. The van der Waals surface area contributed by atoms with Crippen molar-refractivity contribution in [3.8, 4) is 11.5 Å². The molecule has 0 fully saturated rings. The number of carbonyl (C=O) groups is 1. The lowest BCUT2D eigenvalue weighted by Gasteiger charge is -2.15. The van der Waals surface area contributed by atoms with Crippen LogP contribution in [0.1, 0.15) is 22.6 Å². The topological polar surface area (TPSA) is 98.9 Å². The summed E-state index contributed by atoms with van der Waals surface area (Å²) in [6.45, 7) is 1.91. The summed E-state index contributed by atoms with van der Waals surface area (Å²) in [5.74, 6) is -1.61. The fourth-order valence-corrected chi connectivity index (χ4v) is 2.64. The van der Waals surface area contributed by atoms with Gasteiger partial charge in [-0.05, 0) is 30.5 Å². The summed E-state index contributed by atoms with van der Waals surface area (Å²) >= 11 is 0. The molecule has 7 heteroatoms. The van der Waals surface area contributed by atoms with E-state index in [1.807, 2.05) is 19.1 Å². The van der Waals surface area contributed by atoms with E-state index in [0.29, 0.717) is 11.1 Å². The number of ether oxygens (including phenoxy) is 2. The van der Waals surface area contributed by atoms with Gasteiger partial charge in [-0.25, -0.2) is 0 Å². The van der Waals surface area contributed by atoms with Crippen molar-refractivity contribution in [2.75, 3.05) is 14.2 Å². The molecule has 132 valence electrons. The van der Waals surface area contributed by atoms with Crippen LogP contribution in [0.3, 0.4) is 0 Å². The quantitative estimate of drug-likeness (QED) is 0.610. The minimum absolute atomic E-state index is 0.0125. The molecule has 0 spiro atoms. The number of benzene rings is 2. The molecule has 1 atom stereocenters. The minimum atomic E-state index is -0.999. The number of aliphatic carboxylic acids is 1. The lowest BCUT2D eigenvalue weighted by molar-refractivity contribution is -0.385. The molecule has 2 aromatic rings. The maximum atomic E-state index is 11.7. The van der Waals surface area contributed by atoms with Crippen LogP contribution < -0.4 is 9.47 Å². The van der Waals surface area contributed by atoms with Gasteiger partial charge < -0.3 is 14.6 Å². The Morgan fingerprint density at radius 3 is 2.32 bits per heavy atom. The molecule has 1 N–H and O–H groups in total. The monoisotopic (exact) mass is 345 g/mol. The van der Waals surface area contributed by atoms with Gasteiger partial charge in [0.05, 0.1) is 25.1 Å². The predicted molar refractivity (Wildman–Crippen MR) is 91.5 cm³/mol. The first-order valence-corrected chi connectivity index (χ1v) is 7.56. The van der Waals surface area contributed by atoms with E-state index in [1.165, 1.54) is 20.3 Å². The third-order valence-corrected chi connectivity index (χ3v) is 3.93. The van der Waals surface area contributed by atoms with Crippen LogP contribution in [-0.2, 0) is 11.2 Å². The first-order chi connectivity index (χ1) is 11.9. The number of carboxylic acids is 1. The summed E-state index contributed by atoms with van der Waals surface area (Å²) in [5.41, 5.74) is 1.88. The number of carboxylic acid groups (broad SMARTS) is 1. The molecule has 7 nitrogen and oxygen atoms in total. The van der Waals surface area contributed by atoms with Gasteiger partial charge in [0.2, 0.25) is 5.75 Å². The van der Waals surface area contributed by atoms with Crippen molar-refractivity contribution in [1.82, 2.24) is 0 Å². The average molecular weight is 345 g/mol. The Morgan fingerprint density at radius 1 is 1.20 bits per heavy atom. The van der Waals surface area contributed by atoms with E-state index in [9.17, 15) is 20.0 Å². The summed E-state index contributed by atoms with van der Waals surface area (Å²) in [5, 5.41) is 20.9. The first-order valence-electron chi connectivity index (χ1n) is 7.56. The summed E-state index contributed by atoms with van der Waals surface area (Å²) in [7, 11) is 2.69. The molecule has 0 amide bonds. The molecule has 1 unspecified atom stereocenters. The van der Waals surface area contributed by atoms with Gasteiger partial charge in [-0.15, -0.1) is 0 Å². The van der Waals surface area contributed by atoms with Crippen LogP contribution >= 0.6 is 0 Å². The summed E-state index contributed by atoms with van der Waals surface area (Å²) in [6, 6.07) is 10.1. The van der Waals surface area contributed by atoms with Gasteiger partial charge in [0.15, 0.2) is 5.75 Å². The van der Waals surface area contributed by atoms with E-state index in [0.717, 1.165) is 5.56 Å². The third-order valence-electron chi connectivity index (χ3n) is 3.93. The van der Waals surface area contributed by atoms with Gasteiger partial charge >= 0.3 is 11.7 Å². The largest absolute Gasteiger partial charge is 0.493 e. The maximum Gasteiger partial charge on any atom is 0.315 e. The normalized spacial score (nSPS) is 11.6. The van der Waals surface area contributed by atoms with Crippen molar-refractivity contribution in [2.24, 2.45) is 0 Å².